The molecular formula is C20H22N4O4S. The summed E-state index contributed by atoms with van der Waals surface area (Å²) in [7, 11) is 0. The Labute approximate surface area is 171 Å². The SMILES string of the molecule is O=C1OCC2=C1C(c1cccs1)NC(=O)N2Cc1noc(CC2CCCCC2)n1. The highest BCUT2D eigenvalue weighted by Crippen LogP contribution is 2.37. The van der Waals surface area contributed by atoms with Crippen LogP contribution in [0.3, 0.4) is 0 Å². The summed E-state index contributed by atoms with van der Waals surface area (Å²) in [6.07, 6.45) is 7.01. The van der Waals surface area contributed by atoms with E-state index in [0.717, 1.165) is 11.3 Å². The minimum atomic E-state index is -0.476. The number of hydrogen-bond donors (Lipinski definition) is 1. The zero-order chi connectivity index (χ0) is 19.8. The van der Waals surface area contributed by atoms with Gasteiger partial charge in [0.2, 0.25) is 5.89 Å². The number of aromatic nitrogens is 2. The van der Waals surface area contributed by atoms with Crippen LogP contribution in [0, 0.1) is 5.92 Å². The number of carbonyl (C=O) groups is 2. The third-order valence-corrected chi connectivity index (χ3v) is 6.76. The van der Waals surface area contributed by atoms with Crippen molar-refractivity contribution in [3.05, 3.63) is 45.4 Å². The number of thiophene rings is 1. The highest BCUT2D eigenvalue weighted by Gasteiger charge is 2.42. The second-order valence-corrected chi connectivity index (χ2v) is 8.71. The van der Waals surface area contributed by atoms with Gasteiger partial charge in [-0.1, -0.05) is 30.5 Å². The first-order valence-electron chi connectivity index (χ1n) is 10.0. The number of amides is 2. The summed E-state index contributed by atoms with van der Waals surface area (Å²) >= 11 is 1.49. The average Bonchev–Trinajstić information content (AvgIpc) is 3.47. The van der Waals surface area contributed by atoms with E-state index in [9.17, 15) is 9.59 Å². The minimum absolute atomic E-state index is 0.0796. The smallest absolute Gasteiger partial charge is 0.338 e. The molecule has 2 aromatic rings. The maximum Gasteiger partial charge on any atom is 0.338 e. The fraction of sp³-hybridized carbons (Fsp3) is 0.500. The van der Waals surface area contributed by atoms with Crippen LogP contribution in [0.1, 0.15) is 54.7 Å². The van der Waals surface area contributed by atoms with Gasteiger partial charge in [0.05, 0.1) is 23.9 Å². The summed E-state index contributed by atoms with van der Waals surface area (Å²) in [5.41, 5.74) is 1.06. The van der Waals surface area contributed by atoms with E-state index in [1.165, 1.54) is 48.3 Å². The maximum absolute atomic E-state index is 12.8. The fourth-order valence-corrected chi connectivity index (χ4v) is 5.15. The van der Waals surface area contributed by atoms with Crippen LogP contribution in [-0.4, -0.2) is 33.6 Å². The monoisotopic (exact) mass is 414 g/mol. The van der Waals surface area contributed by atoms with E-state index in [1.54, 1.807) is 0 Å². The summed E-state index contributed by atoms with van der Waals surface area (Å²) in [4.78, 5) is 32.0. The molecule has 3 aliphatic rings. The second-order valence-electron chi connectivity index (χ2n) is 7.73. The molecule has 2 aromatic heterocycles. The van der Waals surface area contributed by atoms with Crippen molar-refractivity contribution in [2.75, 3.05) is 6.61 Å². The Morgan fingerprint density at radius 2 is 2.10 bits per heavy atom. The molecule has 0 saturated heterocycles. The van der Waals surface area contributed by atoms with Crippen molar-refractivity contribution in [1.82, 2.24) is 20.4 Å². The van der Waals surface area contributed by atoms with E-state index in [0.29, 0.717) is 28.9 Å². The van der Waals surface area contributed by atoms with E-state index in [1.807, 2.05) is 17.5 Å². The van der Waals surface area contributed by atoms with Crippen molar-refractivity contribution < 1.29 is 18.8 Å². The standard InChI is InChI=1S/C20H22N4O4S/c25-19-17-13(11-27-19)24(20(26)22-18(17)14-7-4-8-29-14)10-15-21-16(28-23-15)9-12-5-2-1-3-6-12/h4,7-8,12,18H,1-3,5-6,9-11H2,(H,22,26). The number of nitrogens with one attached hydrogen (secondary N) is 1. The van der Waals surface area contributed by atoms with Crippen LogP contribution >= 0.6 is 11.3 Å². The van der Waals surface area contributed by atoms with E-state index in [4.69, 9.17) is 9.26 Å². The molecule has 1 saturated carbocycles. The molecule has 1 aliphatic carbocycles. The zero-order valence-electron chi connectivity index (χ0n) is 15.9. The Morgan fingerprint density at radius 1 is 1.24 bits per heavy atom. The highest BCUT2D eigenvalue weighted by atomic mass is 32.1. The van der Waals surface area contributed by atoms with Gasteiger partial charge in [-0.3, -0.25) is 4.90 Å². The van der Waals surface area contributed by atoms with Gasteiger partial charge in [-0.15, -0.1) is 11.3 Å². The molecule has 0 bridgehead atoms. The summed E-state index contributed by atoms with van der Waals surface area (Å²) in [6, 6.07) is 3.03. The molecule has 0 spiro atoms. The molecule has 4 heterocycles. The number of urea groups is 1. The van der Waals surface area contributed by atoms with E-state index in [-0.39, 0.29) is 19.2 Å². The number of hydrogen-bond acceptors (Lipinski definition) is 7. The number of carbonyl (C=O) groups excluding carboxylic acids is 2. The number of nitrogens with zero attached hydrogens (tertiary/aromatic N) is 3. The Hall–Kier alpha value is -2.68. The molecule has 0 radical (unpaired) electrons. The predicted octanol–water partition coefficient (Wildman–Crippen LogP) is 3.33. The zero-order valence-corrected chi connectivity index (χ0v) is 16.7. The molecule has 2 amide bonds. The first-order valence-corrected chi connectivity index (χ1v) is 10.9. The summed E-state index contributed by atoms with van der Waals surface area (Å²) in [6.45, 7) is 0.225. The molecule has 8 nitrogen and oxygen atoms in total. The number of cyclic esters (lactones) is 1. The van der Waals surface area contributed by atoms with Crippen molar-refractivity contribution in [1.29, 1.82) is 0 Å². The van der Waals surface area contributed by atoms with Gasteiger partial charge in [0.15, 0.2) is 5.82 Å². The molecule has 1 N–H and O–H groups in total. The van der Waals surface area contributed by atoms with Gasteiger partial charge < -0.3 is 14.6 Å². The quantitative estimate of drug-likeness (QED) is 0.754. The molecule has 9 heteroatoms. The maximum atomic E-state index is 12.8. The molecule has 5 rings (SSSR count). The molecule has 0 aromatic carbocycles. The van der Waals surface area contributed by atoms with Crippen molar-refractivity contribution in [3.8, 4) is 0 Å². The van der Waals surface area contributed by atoms with E-state index in [2.05, 4.69) is 15.5 Å². The third kappa shape index (κ3) is 3.55. The Balaban J connectivity index is 1.35. The average molecular weight is 414 g/mol. The van der Waals surface area contributed by atoms with Crippen LogP contribution < -0.4 is 5.32 Å². The van der Waals surface area contributed by atoms with Crippen LogP contribution in [-0.2, 0) is 22.5 Å². The van der Waals surface area contributed by atoms with Crippen LogP contribution in [0.4, 0.5) is 4.79 Å². The molecule has 1 fully saturated rings. The summed E-state index contributed by atoms with van der Waals surface area (Å²) < 4.78 is 10.7. The van der Waals surface area contributed by atoms with Crippen LogP contribution in [0.15, 0.2) is 33.3 Å². The number of esters is 1. The summed E-state index contributed by atoms with van der Waals surface area (Å²) in [5, 5.41) is 8.89. The van der Waals surface area contributed by atoms with E-state index < -0.39 is 12.0 Å². The lowest BCUT2D eigenvalue weighted by molar-refractivity contribution is -0.136. The lowest BCUT2D eigenvalue weighted by atomic mass is 9.87. The van der Waals surface area contributed by atoms with Gasteiger partial charge in [-0.2, -0.15) is 4.98 Å². The molecular weight excluding hydrogens is 392 g/mol. The Kier molecular flexibility index (Phi) is 4.83. The number of ether oxygens (including phenoxy) is 1. The van der Waals surface area contributed by atoms with Crippen molar-refractivity contribution in [2.45, 2.75) is 51.1 Å². The first-order chi connectivity index (χ1) is 14.2. The number of rotatable bonds is 5. The third-order valence-electron chi connectivity index (χ3n) is 5.82. The molecule has 152 valence electrons. The predicted molar refractivity (Wildman–Crippen MR) is 104 cm³/mol. The van der Waals surface area contributed by atoms with Crippen LogP contribution in [0.5, 0.6) is 0 Å². The second kappa shape index (κ2) is 7.62. The van der Waals surface area contributed by atoms with E-state index >= 15 is 0 Å². The highest BCUT2D eigenvalue weighted by molar-refractivity contribution is 7.10. The van der Waals surface area contributed by atoms with Crippen molar-refractivity contribution in [3.63, 3.8) is 0 Å². The minimum Gasteiger partial charge on any atom is -0.456 e. The Morgan fingerprint density at radius 3 is 2.90 bits per heavy atom. The van der Waals surface area contributed by atoms with Crippen LogP contribution in [0.25, 0.3) is 0 Å². The topological polar surface area (TPSA) is 97.6 Å². The summed E-state index contributed by atoms with van der Waals surface area (Å²) in [5.74, 6) is 1.26. The molecule has 1 unspecified atom stereocenters. The normalized spacial score (nSPS) is 22.6. The van der Waals surface area contributed by atoms with Gasteiger partial charge in [-0.25, -0.2) is 9.59 Å². The van der Waals surface area contributed by atoms with Gasteiger partial charge >= 0.3 is 12.0 Å². The van der Waals surface area contributed by atoms with Gasteiger partial charge in [0, 0.05) is 11.3 Å². The molecule has 29 heavy (non-hydrogen) atoms. The van der Waals surface area contributed by atoms with Crippen LogP contribution in [0.2, 0.25) is 0 Å². The van der Waals surface area contributed by atoms with Gasteiger partial charge in [0.25, 0.3) is 0 Å². The van der Waals surface area contributed by atoms with Crippen molar-refractivity contribution >= 4 is 23.3 Å². The Bertz CT molecular complexity index is 946. The van der Waals surface area contributed by atoms with Gasteiger partial charge in [0.1, 0.15) is 6.61 Å². The lowest BCUT2D eigenvalue weighted by Gasteiger charge is -2.31. The lowest BCUT2D eigenvalue weighted by Crippen LogP contribution is -2.46. The van der Waals surface area contributed by atoms with Crippen molar-refractivity contribution in [2.24, 2.45) is 5.92 Å². The molecule has 1 atom stereocenters. The fourth-order valence-electron chi connectivity index (χ4n) is 4.36. The largest absolute Gasteiger partial charge is 0.456 e. The first kappa shape index (κ1) is 18.4. The molecule has 2 aliphatic heterocycles. The van der Waals surface area contributed by atoms with Gasteiger partial charge in [-0.05, 0) is 30.2 Å².